The summed E-state index contributed by atoms with van der Waals surface area (Å²) in [6.45, 7) is 0. The highest BCUT2D eigenvalue weighted by atomic mass is 35.5. The number of thiophene rings is 1. The summed E-state index contributed by atoms with van der Waals surface area (Å²) >= 11 is 10.5. The Bertz CT molecular complexity index is 652. The van der Waals surface area contributed by atoms with Crippen LogP contribution in [0.5, 0.6) is 0 Å². The molecule has 0 atom stereocenters. The van der Waals surface area contributed by atoms with Gasteiger partial charge in [0.1, 0.15) is 5.01 Å². The molecular weight excluding hydrogens is 370 g/mol. The third-order valence-corrected chi connectivity index (χ3v) is 7.14. The number of nitrogens with one attached hydrogen (secondary N) is 1. The molecule has 4 nitrogen and oxygen atoms in total. The van der Waals surface area contributed by atoms with Gasteiger partial charge in [-0.1, -0.05) is 42.2 Å². The average molecular weight is 388 g/mol. The van der Waals surface area contributed by atoms with E-state index in [0.29, 0.717) is 16.8 Å². The number of rotatable bonds is 6. The fourth-order valence-corrected chi connectivity index (χ4v) is 5.58. The van der Waals surface area contributed by atoms with E-state index in [4.69, 9.17) is 11.6 Å². The SMILES string of the molecule is O=C(CSCc1ccc(Cl)s1)Nc1nnc(C2CCCCC2)s1. The van der Waals surface area contributed by atoms with Gasteiger partial charge in [-0.05, 0) is 25.0 Å². The standard InChI is InChI=1S/C15H18ClN3OS3/c16-12-7-6-11(22-12)8-21-9-13(20)17-15-19-18-14(23-15)10-4-2-1-3-5-10/h6-7,10H,1-5,8-9H2,(H,17,19,20). The number of nitrogens with zero attached hydrogens (tertiary/aromatic N) is 2. The number of carbonyl (C=O) groups is 1. The number of hydrogen-bond acceptors (Lipinski definition) is 6. The minimum absolute atomic E-state index is 0.0241. The second kappa shape index (κ2) is 8.46. The molecule has 0 saturated heterocycles. The molecule has 124 valence electrons. The van der Waals surface area contributed by atoms with Crippen molar-refractivity contribution in [2.75, 3.05) is 11.1 Å². The molecule has 0 aliphatic heterocycles. The van der Waals surface area contributed by atoms with Crippen molar-refractivity contribution >= 4 is 57.1 Å². The molecule has 0 radical (unpaired) electrons. The Kier molecular flexibility index (Phi) is 6.33. The largest absolute Gasteiger partial charge is 0.300 e. The summed E-state index contributed by atoms with van der Waals surface area (Å²) < 4.78 is 0.786. The molecule has 0 bridgehead atoms. The van der Waals surface area contributed by atoms with Crippen LogP contribution in [0.15, 0.2) is 12.1 Å². The highest BCUT2D eigenvalue weighted by Crippen LogP contribution is 2.35. The van der Waals surface area contributed by atoms with E-state index in [-0.39, 0.29) is 5.91 Å². The lowest BCUT2D eigenvalue weighted by Gasteiger charge is -2.18. The summed E-state index contributed by atoms with van der Waals surface area (Å²) in [5.74, 6) is 1.72. The number of amides is 1. The summed E-state index contributed by atoms with van der Waals surface area (Å²) in [5.41, 5.74) is 0. The first-order chi connectivity index (χ1) is 11.2. The van der Waals surface area contributed by atoms with Gasteiger partial charge in [0.2, 0.25) is 11.0 Å². The van der Waals surface area contributed by atoms with Crippen LogP contribution in [0.25, 0.3) is 0 Å². The van der Waals surface area contributed by atoms with E-state index in [0.717, 1.165) is 15.1 Å². The maximum Gasteiger partial charge on any atom is 0.236 e. The average Bonchev–Trinajstić information content (AvgIpc) is 3.17. The molecule has 1 aliphatic carbocycles. The fraction of sp³-hybridized carbons (Fsp3) is 0.533. The van der Waals surface area contributed by atoms with Crippen LogP contribution in [-0.2, 0) is 10.5 Å². The lowest BCUT2D eigenvalue weighted by Crippen LogP contribution is -2.13. The first-order valence-corrected chi connectivity index (χ1v) is 10.8. The zero-order chi connectivity index (χ0) is 16.1. The Morgan fingerprint density at radius 2 is 2.09 bits per heavy atom. The Morgan fingerprint density at radius 3 is 2.83 bits per heavy atom. The van der Waals surface area contributed by atoms with Crippen molar-refractivity contribution in [2.45, 2.75) is 43.8 Å². The third-order valence-electron chi connectivity index (χ3n) is 3.75. The zero-order valence-corrected chi connectivity index (χ0v) is 15.8. The summed E-state index contributed by atoms with van der Waals surface area (Å²) in [5, 5.41) is 12.9. The van der Waals surface area contributed by atoms with Gasteiger partial charge in [0.25, 0.3) is 0 Å². The van der Waals surface area contributed by atoms with E-state index >= 15 is 0 Å². The van der Waals surface area contributed by atoms with Gasteiger partial charge in [-0.3, -0.25) is 10.1 Å². The summed E-state index contributed by atoms with van der Waals surface area (Å²) in [6, 6.07) is 3.88. The summed E-state index contributed by atoms with van der Waals surface area (Å²) in [4.78, 5) is 13.2. The van der Waals surface area contributed by atoms with Crippen LogP contribution < -0.4 is 5.32 Å². The number of halogens is 1. The van der Waals surface area contributed by atoms with Crippen LogP contribution in [0, 0.1) is 0 Å². The van der Waals surface area contributed by atoms with Gasteiger partial charge in [-0.25, -0.2) is 0 Å². The normalized spacial score (nSPS) is 15.7. The van der Waals surface area contributed by atoms with E-state index in [2.05, 4.69) is 15.5 Å². The summed E-state index contributed by atoms with van der Waals surface area (Å²) in [7, 11) is 0. The molecule has 0 aromatic carbocycles. The highest BCUT2D eigenvalue weighted by molar-refractivity contribution is 7.99. The van der Waals surface area contributed by atoms with Gasteiger partial charge < -0.3 is 0 Å². The molecule has 3 rings (SSSR count). The number of thioether (sulfide) groups is 1. The van der Waals surface area contributed by atoms with Crippen LogP contribution in [0.1, 0.15) is 47.9 Å². The molecule has 1 fully saturated rings. The van der Waals surface area contributed by atoms with Crippen LogP contribution in [0.3, 0.4) is 0 Å². The van der Waals surface area contributed by atoms with Crippen molar-refractivity contribution in [3.63, 3.8) is 0 Å². The molecule has 1 saturated carbocycles. The quantitative estimate of drug-likeness (QED) is 0.742. The van der Waals surface area contributed by atoms with Crippen LogP contribution in [0.4, 0.5) is 5.13 Å². The van der Waals surface area contributed by atoms with Gasteiger partial charge >= 0.3 is 0 Å². The van der Waals surface area contributed by atoms with Crippen molar-refractivity contribution in [3.8, 4) is 0 Å². The predicted molar refractivity (Wildman–Crippen MR) is 99.9 cm³/mol. The predicted octanol–water partition coefficient (Wildman–Crippen LogP) is 5.17. The van der Waals surface area contributed by atoms with Gasteiger partial charge in [0, 0.05) is 16.5 Å². The Hall–Kier alpha value is -0.630. The highest BCUT2D eigenvalue weighted by Gasteiger charge is 2.20. The second-order valence-electron chi connectivity index (χ2n) is 5.53. The second-order valence-corrected chi connectivity index (χ2v) is 9.32. The fourth-order valence-electron chi connectivity index (χ4n) is 2.63. The van der Waals surface area contributed by atoms with Gasteiger partial charge in [0.15, 0.2) is 0 Å². The van der Waals surface area contributed by atoms with E-state index in [1.807, 2.05) is 12.1 Å². The Labute approximate surface area is 153 Å². The minimum atomic E-state index is -0.0241. The number of anilines is 1. The van der Waals surface area contributed by atoms with Crippen LogP contribution >= 0.6 is 46.0 Å². The topological polar surface area (TPSA) is 54.9 Å². The molecule has 1 amide bonds. The Balaban J connectivity index is 1.43. The molecule has 0 unspecified atom stereocenters. The minimum Gasteiger partial charge on any atom is -0.300 e. The third kappa shape index (κ3) is 5.17. The lowest BCUT2D eigenvalue weighted by atomic mass is 9.90. The van der Waals surface area contributed by atoms with Gasteiger partial charge in [0.05, 0.1) is 10.1 Å². The Morgan fingerprint density at radius 1 is 1.26 bits per heavy atom. The molecule has 0 spiro atoms. The molecule has 2 aromatic rings. The van der Waals surface area contributed by atoms with E-state index in [9.17, 15) is 4.79 Å². The molecule has 1 N–H and O–H groups in total. The lowest BCUT2D eigenvalue weighted by molar-refractivity contribution is -0.113. The maximum absolute atomic E-state index is 12.0. The first kappa shape index (κ1) is 17.2. The van der Waals surface area contributed by atoms with E-state index in [1.165, 1.54) is 48.3 Å². The number of carbonyl (C=O) groups excluding carboxylic acids is 1. The maximum atomic E-state index is 12.0. The smallest absolute Gasteiger partial charge is 0.236 e. The van der Waals surface area contributed by atoms with E-state index < -0.39 is 0 Å². The van der Waals surface area contributed by atoms with Crippen molar-refractivity contribution in [1.82, 2.24) is 10.2 Å². The first-order valence-electron chi connectivity index (χ1n) is 7.66. The number of hydrogen-bond donors (Lipinski definition) is 1. The molecular formula is C15H18ClN3OS3. The van der Waals surface area contributed by atoms with Crippen molar-refractivity contribution in [3.05, 3.63) is 26.4 Å². The van der Waals surface area contributed by atoms with Gasteiger partial charge in [-0.2, -0.15) is 0 Å². The summed E-state index contributed by atoms with van der Waals surface area (Å²) in [6.07, 6.45) is 6.26. The van der Waals surface area contributed by atoms with Crippen LogP contribution in [-0.4, -0.2) is 21.9 Å². The number of aromatic nitrogens is 2. The van der Waals surface area contributed by atoms with Crippen LogP contribution in [0.2, 0.25) is 4.34 Å². The molecule has 1 aliphatic rings. The van der Waals surface area contributed by atoms with Crippen molar-refractivity contribution in [1.29, 1.82) is 0 Å². The zero-order valence-electron chi connectivity index (χ0n) is 12.6. The molecule has 2 aromatic heterocycles. The monoisotopic (exact) mass is 387 g/mol. The molecule has 2 heterocycles. The molecule has 23 heavy (non-hydrogen) atoms. The van der Waals surface area contributed by atoms with Gasteiger partial charge in [-0.15, -0.1) is 33.3 Å². The van der Waals surface area contributed by atoms with E-state index in [1.54, 1.807) is 23.1 Å². The van der Waals surface area contributed by atoms with Crippen molar-refractivity contribution < 1.29 is 4.79 Å². The molecule has 8 heteroatoms. The van der Waals surface area contributed by atoms with Crippen molar-refractivity contribution in [2.24, 2.45) is 0 Å².